The zero-order valence-corrected chi connectivity index (χ0v) is 17.2. The van der Waals surface area contributed by atoms with E-state index in [0.717, 1.165) is 48.1 Å². The molecule has 1 N–H and O–H groups in total. The Balaban J connectivity index is 1.75. The molecule has 0 radical (unpaired) electrons. The summed E-state index contributed by atoms with van der Waals surface area (Å²) in [6.07, 6.45) is 3.40. The topological polar surface area (TPSA) is 92.7 Å². The average molecular weight is 417 g/mol. The molecule has 8 heteroatoms. The molecule has 1 atom stereocenters. The summed E-state index contributed by atoms with van der Waals surface area (Å²) in [6, 6.07) is 13.3. The molecule has 0 bridgehead atoms. The van der Waals surface area contributed by atoms with Crippen molar-refractivity contribution in [3.63, 3.8) is 0 Å². The molecule has 158 valence electrons. The van der Waals surface area contributed by atoms with Crippen molar-refractivity contribution in [2.75, 3.05) is 13.1 Å². The van der Waals surface area contributed by atoms with Crippen LogP contribution in [0.5, 0.6) is 0 Å². The second kappa shape index (κ2) is 7.63. The van der Waals surface area contributed by atoms with E-state index >= 15 is 0 Å². The third kappa shape index (κ3) is 3.38. The van der Waals surface area contributed by atoms with Gasteiger partial charge in [-0.05, 0) is 43.0 Å². The van der Waals surface area contributed by atoms with Gasteiger partial charge < -0.3 is 5.11 Å². The molecular formula is C23H23N5O3. The first-order chi connectivity index (χ1) is 15.0. The molecule has 0 amide bonds. The predicted octanol–water partition coefficient (Wildman–Crippen LogP) is 2.62. The van der Waals surface area contributed by atoms with E-state index in [1.807, 2.05) is 53.8 Å². The number of nitrogens with zero attached hydrogens (tertiary/aromatic N) is 5. The molecule has 1 unspecified atom stereocenters. The number of fused-ring (bicyclic) bond motifs is 3. The number of hydrogen-bond acceptors (Lipinski definition) is 5. The van der Waals surface area contributed by atoms with Crippen molar-refractivity contribution in [1.82, 2.24) is 24.1 Å². The van der Waals surface area contributed by atoms with Gasteiger partial charge in [-0.2, -0.15) is 0 Å². The highest BCUT2D eigenvalue weighted by Gasteiger charge is 2.29. The van der Waals surface area contributed by atoms with Crippen LogP contribution in [0.25, 0.3) is 16.7 Å². The van der Waals surface area contributed by atoms with Crippen LogP contribution < -0.4 is 5.56 Å². The van der Waals surface area contributed by atoms with Gasteiger partial charge in [-0.1, -0.05) is 35.9 Å². The van der Waals surface area contributed by atoms with Crippen molar-refractivity contribution in [1.29, 1.82) is 0 Å². The van der Waals surface area contributed by atoms with Crippen molar-refractivity contribution < 1.29 is 9.90 Å². The minimum Gasteiger partial charge on any atom is -0.481 e. The predicted molar refractivity (Wildman–Crippen MR) is 116 cm³/mol. The number of hydrogen-bond donors (Lipinski definition) is 1. The molecule has 5 rings (SSSR count). The number of aryl methyl sites for hydroxylation is 1. The van der Waals surface area contributed by atoms with Crippen LogP contribution >= 0.6 is 0 Å². The van der Waals surface area contributed by atoms with Gasteiger partial charge in [-0.15, -0.1) is 10.2 Å². The second-order valence-corrected chi connectivity index (χ2v) is 8.13. The molecule has 2 aromatic heterocycles. The number of carbonyl (C=O) groups is 1. The van der Waals surface area contributed by atoms with Gasteiger partial charge in [0, 0.05) is 13.1 Å². The lowest BCUT2D eigenvalue weighted by Crippen LogP contribution is -2.38. The second-order valence-electron chi connectivity index (χ2n) is 8.13. The largest absolute Gasteiger partial charge is 0.481 e. The number of carboxylic acids is 1. The number of aromatic nitrogens is 4. The first kappa shape index (κ1) is 19.4. The van der Waals surface area contributed by atoms with Crippen LogP contribution in [-0.2, 0) is 11.2 Å². The summed E-state index contributed by atoms with van der Waals surface area (Å²) in [5.74, 6) is -0.372. The molecule has 8 nitrogen and oxygen atoms in total. The Morgan fingerprint density at radius 3 is 2.58 bits per heavy atom. The van der Waals surface area contributed by atoms with E-state index in [4.69, 9.17) is 5.11 Å². The monoisotopic (exact) mass is 417 g/mol. The lowest BCUT2D eigenvalue weighted by Gasteiger charge is -2.30. The van der Waals surface area contributed by atoms with Crippen LogP contribution in [-0.4, -0.2) is 48.2 Å². The molecule has 3 heterocycles. The number of likely N-dealkylation sites (tertiary alicyclic amines) is 1. The first-order valence-electron chi connectivity index (χ1n) is 10.4. The molecule has 1 saturated heterocycles. The van der Waals surface area contributed by atoms with E-state index in [0.29, 0.717) is 11.2 Å². The number of rotatable bonds is 5. The Kier molecular flexibility index (Phi) is 4.78. The quantitative estimate of drug-likeness (QED) is 0.537. The summed E-state index contributed by atoms with van der Waals surface area (Å²) in [4.78, 5) is 27.1. The van der Waals surface area contributed by atoms with Crippen LogP contribution in [0.1, 0.15) is 35.7 Å². The number of benzene rings is 2. The maximum atomic E-state index is 13.8. The number of carboxylic acid groups (broad SMARTS) is 1. The van der Waals surface area contributed by atoms with Crippen LogP contribution in [0.3, 0.4) is 0 Å². The molecule has 4 aromatic rings. The smallest absolute Gasteiger partial charge is 0.307 e. The SMILES string of the molecule is Cc1ccc2c(c1)c(=O)n(C(c1ccc(CC(=O)O)cc1)N1CCCC1)c1nncn21. The maximum absolute atomic E-state index is 13.8. The zero-order valence-electron chi connectivity index (χ0n) is 17.2. The minimum absolute atomic E-state index is 0.0295. The normalized spacial score (nSPS) is 15.6. The highest BCUT2D eigenvalue weighted by Crippen LogP contribution is 2.28. The lowest BCUT2D eigenvalue weighted by molar-refractivity contribution is -0.136. The molecule has 0 saturated carbocycles. The Hall–Kier alpha value is -3.52. The van der Waals surface area contributed by atoms with Crippen LogP contribution in [0.4, 0.5) is 0 Å². The van der Waals surface area contributed by atoms with Gasteiger partial charge in [0.15, 0.2) is 0 Å². The summed E-state index contributed by atoms with van der Waals surface area (Å²) >= 11 is 0. The molecule has 31 heavy (non-hydrogen) atoms. The van der Waals surface area contributed by atoms with Gasteiger partial charge in [0.25, 0.3) is 5.56 Å². The fourth-order valence-electron chi connectivity index (χ4n) is 4.53. The Labute approximate surface area is 178 Å². The van der Waals surface area contributed by atoms with Gasteiger partial charge in [0.05, 0.1) is 17.3 Å². The third-order valence-electron chi connectivity index (χ3n) is 5.97. The van der Waals surface area contributed by atoms with Gasteiger partial charge >= 0.3 is 5.97 Å². The fourth-order valence-corrected chi connectivity index (χ4v) is 4.53. The molecule has 1 aliphatic heterocycles. The third-order valence-corrected chi connectivity index (χ3v) is 5.97. The summed E-state index contributed by atoms with van der Waals surface area (Å²) < 4.78 is 3.59. The molecule has 2 aromatic carbocycles. The van der Waals surface area contributed by atoms with Crippen LogP contribution in [0.15, 0.2) is 53.6 Å². The van der Waals surface area contributed by atoms with Crippen LogP contribution in [0.2, 0.25) is 0 Å². The molecule has 0 spiro atoms. The zero-order chi connectivity index (χ0) is 21.5. The van der Waals surface area contributed by atoms with Crippen molar-refractivity contribution in [3.05, 3.63) is 75.8 Å². The summed E-state index contributed by atoms with van der Waals surface area (Å²) in [5.41, 5.74) is 3.34. The van der Waals surface area contributed by atoms with Crippen molar-refractivity contribution in [2.45, 2.75) is 32.4 Å². The summed E-state index contributed by atoms with van der Waals surface area (Å²) in [5, 5.41) is 18.1. The minimum atomic E-state index is -0.866. The Morgan fingerprint density at radius 1 is 1.13 bits per heavy atom. The molecule has 1 fully saturated rings. The molecular weight excluding hydrogens is 394 g/mol. The van der Waals surface area contributed by atoms with Crippen molar-refractivity contribution >= 4 is 22.6 Å². The van der Waals surface area contributed by atoms with Gasteiger partial charge in [-0.3, -0.25) is 23.5 Å². The molecule has 1 aliphatic rings. The highest BCUT2D eigenvalue weighted by atomic mass is 16.4. The van der Waals surface area contributed by atoms with Crippen molar-refractivity contribution in [3.8, 4) is 0 Å². The van der Waals surface area contributed by atoms with E-state index in [2.05, 4.69) is 15.1 Å². The summed E-state index contributed by atoms with van der Waals surface area (Å²) in [6.45, 7) is 3.72. The Morgan fingerprint density at radius 2 is 1.87 bits per heavy atom. The highest BCUT2D eigenvalue weighted by molar-refractivity contribution is 5.81. The van der Waals surface area contributed by atoms with E-state index in [1.165, 1.54) is 0 Å². The van der Waals surface area contributed by atoms with Crippen LogP contribution in [0, 0.1) is 6.92 Å². The maximum Gasteiger partial charge on any atom is 0.307 e. The average Bonchev–Trinajstić information content (AvgIpc) is 3.44. The van der Waals surface area contributed by atoms with E-state index in [1.54, 1.807) is 10.9 Å². The van der Waals surface area contributed by atoms with Crippen molar-refractivity contribution in [2.24, 2.45) is 0 Å². The lowest BCUT2D eigenvalue weighted by atomic mass is 10.1. The number of aliphatic carboxylic acids is 1. The van der Waals surface area contributed by atoms with E-state index in [9.17, 15) is 9.59 Å². The van der Waals surface area contributed by atoms with Gasteiger partial charge in [-0.25, -0.2) is 0 Å². The van der Waals surface area contributed by atoms with Gasteiger partial charge in [0.1, 0.15) is 12.5 Å². The standard InChI is InChI=1S/C23H23N5O3/c1-15-4-9-19-18(12-15)22(31)28(23-25-24-14-27(19)23)21(26-10-2-3-11-26)17-7-5-16(6-8-17)13-20(29)30/h4-9,12,14,21H,2-3,10-11,13H2,1H3,(H,29,30). The first-order valence-corrected chi connectivity index (χ1v) is 10.4. The van der Waals surface area contributed by atoms with E-state index in [-0.39, 0.29) is 18.1 Å². The fraction of sp³-hybridized carbons (Fsp3) is 0.304. The van der Waals surface area contributed by atoms with Gasteiger partial charge in [0.2, 0.25) is 5.78 Å². The van der Waals surface area contributed by atoms with E-state index < -0.39 is 5.97 Å². The Bertz CT molecular complexity index is 1330. The molecule has 0 aliphatic carbocycles. The summed E-state index contributed by atoms with van der Waals surface area (Å²) in [7, 11) is 0.